The lowest BCUT2D eigenvalue weighted by Crippen LogP contribution is -2.10. The van der Waals surface area contributed by atoms with Crippen LogP contribution in [0.25, 0.3) is 5.78 Å². The van der Waals surface area contributed by atoms with Gasteiger partial charge in [-0.3, -0.25) is 4.40 Å². The van der Waals surface area contributed by atoms with E-state index in [2.05, 4.69) is 15.2 Å². The van der Waals surface area contributed by atoms with Gasteiger partial charge in [-0.25, -0.2) is 4.98 Å². The summed E-state index contributed by atoms with van der Waals surface area (Å²) in [6, 6.07) is 1.38. The van der Waals surface area contributed by atoms with Crippen LogP contribution in [0.5, 0.6) is 0 Å². The lowest BCUT2D eigenvalue weighted by molar-refractivity contribution is -0.145. The quantitative estimate of drug-likeness (QED) is 0.622. The number of nitrogens with zero attached hydrogens (tertiary/aromatic N) is 4. The van der Waals surface area contributed by atoms with E-state index in [0.29, 0.717) is 0 Å². The summed E-state index contributed by atoms with van der Waals surface area (Å²) in [6.07, 6.45) is -1.93. The molecular weight excluding hydrogens is 185 g/mol. The SMILES string of the molecule is FC(F)(F)c1nnc2ncccn12. The van der Waals surface area contributed by atoms with Gasteiger partial charge in [0.2, 0.25) is 5.82 Å². The maximum absolute atomic E-state index is 12.2. The van der Waals surface area contributed by atoms with E-state index in [1.165, 1.54) is 18.5 Å². The summed E-state index contributed by atoms with van der Waals surface area (Å²) < 4.78 is 37.4. The van der Waals surface area contributed by atoms with Crippen molar-refractivity contribution in [3.05, 3.63) is 24.3 Å². The van der Waals surface area contributed by atoms with Crippen LogP contribution in [0.2, 0.25) is 0 Å². The third-order valence-electron chi connectivity index (χ3n) is 1.44. The molecule has 2 aromatic rings. The lowest BCUT2D eigenvalue weighted by Gasteiger charge is -2.01. The Bertz CT molecular complexity index is 433. The van der Waals surface area contributed by atoms with Crippen molar-refractivity contribution in [2.45, 2.75) is 6.18 Å². The van der Waals surface area contributed by atoms with Gasteiger partial charge in [0.25, 0.3) is 5.78 Å². The third kappa shape index (κ3) is 1.21. The van der Waals surface area contributed by atoms with E-state index in [9.17, 15) is 13.2 Å². The highest BCUT2D eigenvalue weighted by Gasteiger charge is 2.36. The molecule has 0 N–H and O–H groups in total. The van der Waals surface area contributed by atoms with Crippen molar-refractivity contribution in [2.24, 2.45) is 0 Å². The first-order chi connectivity index (χ1) is 6.09. The minimum Gasteiger partial charge on any atom is -0.263 e. The Morgan fingerprint density at radius 1 is 1.23 bits per heavy atom. The Hall–Kier alpha value is -1.66. The molecule has 0 aliphatic rings. The van der Waals surface area contributed by atoms with E-state index in [1.54, 1.807) is 0 Å². The van der Waals surface area contributed by atoms with Gasteiger partial charge in [-0.15, -0.1) is 10.2 Å². The zero-order valence-corrected chi connectivity index (χ0v) is 6.15. The predicted octanol–water partition coefficient (Wildman–Crippen LogP) is 1.14. The molecule has 0 radical (unpaired) electrons. The second kappa shape index (κ2) is 2.41. The number of hydrogen-bond donors (Lipinski definition) is 0. The first-order valence-corrected chi connectivity index (χ1v) is 3.32. The van der Waals surface area contributed by atoms with E-state index in [-0.39, 0.29) is 5.78 Å². The second-order valence-corrected chi connectivity index (χ2v) is 2.31. The molecule has 0 fully saturated rings. The standard InChI is InChI=1S/C6H3F3N4/c7-6(8,9)4-11-12-5-10-2-1-3-13(4)5/h1-3H. The minimum atomic E-state index is -4.50. The van der Waals surface area contributed by atoms with Crippen LogP contribution in [0.3, 0.4) is 0 Å². The Balaban J connectivity index is 2.72. The molecule has 0 bridgehead atoms. The molecule has 2 aromatic heterocycles. The van der Waals surface area contributed by atoms with E-state index in [0.717, 1.165) is 4.40 Å². The van der Waals surface area contributed by atoms with E-state index in [4.69, 9.17) is 0 Å². The van der Waals surface area contributed by atoms with Crippen LogP contribution in [0.15, 0.2) is 18.5 Å². The smallest absolute Gasteiger partial charge is 0.263 e. The Kier molecular flexibility index (Phi) is 1.48. The Morgan fingerprint density at radius 2 is 2.00 bits per heavy atom. The molecule has 7 heteroatoms. The normalized spacial score (nSPS) is 12.2. The monoisotopic (exact) mass is 188 g/mol. The van der Waals surface area contributed by atoms with Gasteiger partial charge in [0.05, 0.1) is 0 Å². The highest BCUT2D eigenvalue weighted by molar-refractivity contribution is 5.26. The van der Waals surface area contributed by atoms with Crippen LogP contribution in [-0.2, 0) is 6.18 Å². The van der Waals surface area contributed by atoms with Crippen molar-refractivity contribution in [2.75, 3.05) is 0 Å². The van der Waals surface area contributed by atoms with Gasteiger partial charge in [0, 0.05) is 12.4 Å². The first-order valence-electron chi connectivity index (χ1n) is 3.32. The first kappa shape index (κ1) is 7.96. The van der Waals surface area contributed by atoms with Gasteiger partial charge in [0.15, 0.2) is 0 Å². The molecule has 2 heterocycles. The lowest BCUT2D eigenvalue weighted by atomic mass is 10.6. The fraction of sp³-hybridized carbons (Fsp3) is 0.167. The van der Waals surface area contributed by atoms with Gasteiger partial charge in [-0.05, 0) is 6.07 Å². The minimum absolute atomic E-state index is 0.0603. The molecule has 0 spiro atoms. The summed E-state index contributed by atoms with van der Waals surface area (Å²) in [4.78, 5) is 3.60. The fourth-order valence-corrected chi connectivity index (χ4v) is 0.936. The maximum Gasteiger partial charge on any atom is 0.452 e. The number of aromatic nitrogens is 4. The Morgan fingerprint density at radius 3 is 2.69 bits per heavy atom. The molecule has 0 aromatic carbocycles. The van der Waals surface area contributed by atoms with E-state index < -0.39 is 12.0 Å². The van der Waals surface area contributed by atoms with Crippen LogP contribution >= 0.6 is 0 Å². The summed E-state index contributed by atoms with van der Waals surface area (Å²) in [6.45, 7) is 0. The van der Waals surface area contributed by atoms with Crippen LogP contribution < -0.4 is 0 Å². The fourth-order valence-electron chi connectivity index (χ4n) is 0.936. The zero-order valence-electron chi connectivity index (χ0n) is 6.15. The van der Waals surface area contributed by atoms with Gasteiger partial charge in [-0.1, -0.05) is 0 Å². The van der Waals surface area contributed by atoms with Crippen molar-refractivity contribution in [1.82, 2.24) is 19.6 Å². The molecule has 0 unspecified atom stereocenters. The van der Waals surface area contributed by atoms with Gasteiger partial charge >= 0.3 is 6.18 Å². The van der Waals surface area contributed by atoms with E-state index in [1.807, 2.05) is 0 Å². The highest BCUT2D eigenvalue weighted by atomic mass is 19.4. The number of fused-ring (bicyclic) bond motifs is 1. The highest BCUT2D eigenvalue weighted by Crippen LogP contribution is 2.27. The average Bonchev–Trinajstić information content (AvgIpc) is 2.45. The summed E-state index contributed by atoms with van der Waals surface area (Å²) in [5.41, 5.74) is 0. The van der Waals surface area contributed by atoms with E-state index >= 15 is 0 Å². The van der Waals surface area contributed by atoms with Crippen molar-refractivity contribution in [1.29, 1.82) is 0 Å². The predicted molar refractivity (Wildman–Crippen MR) is 35.8 cm³/mol. The van der Waals surface area contributed by atoms with Crippen molar-refractivity contribution >= 4 is 5.78 Å². The molecular formula is C6H3F3N4. The number of alkyl halides is 3. The second-order valence-electron chi connectivity index (χ2n) is 2.31. The molecule has 68 valence electrons. The van der Waals surface area contributed by atoms with Crippen LogP contribution in [0.1, 0.15) is 5.82 Å². The van der Waals surface area contributed by atoms with Crippen molar-refractivity contribution in [3.63, 3.8) is 0 Å². The molecule has 0 saturated carbocycles. The third-order valence-corrected chi connectivity index (χ3v) is 1.44. The van der Waals surface area contributed by atoms with Gasteiger partial charge < -0.3 is 0 Å². The molecule has 0 saturated heterocycles. The van der Waals surface area contributed by atoms with Crippen LogP contribution in [0, 0.1) is 0 Å². The van der Waals surface area contributed by atoms with Gasteiger partial charge in [-0.2, -0.15) is 13.2 Å². The summed E-state index contributed by atoms with van der Waals surface area (Å²) in [7, 11) is 0. The largest absolute Gasteiger partial charge is 0.452 e. The Labute approximate surface area is 70.0 Å². The zero-order chi connectivity index (χ0) is 9.47. The van der Waals surface area contributed by atoms with Crippen molar-refractivity contribution < 1.29 is 13.2 Å². The van der Waals surface area contributed by atoms with Crippen molar-refractivity contribution in [3.8, 4) is 0 Å². The molecule has 2 rings (SSSR count). The number of rotatable bonds is 0. The van der Waals surface area contributed by atoms with Crippen LogP contribution in [-0.4, -0.2) is 19.6 Å². The molecule has 0 amide bonds. The molecule has 4 nitrogen and oxygen atoms in total. The number of hydrogen-bond acceptors (Lipinski definition) is 3. The molecule has 0 aliphatic carbocycles. The molecule has 0 aliphatic heterocycles. The van der Waals surface area contributed by atoms with Gasteiger partial charge in [0.1, 0.15) is 0 Å². The average molecular weight is 188 g/mol. The molecule has 13 heavy (non-hydrogen) atoms. The maximum atomic E-state index is 12.2. The topological polar surface area (TPSA) is 43.1 Å². The number of halogens is 3. The van der Waals surface area contributed by atoms with Crippen LogP contribution in [0.4, 0.5) is 13.2 Å². The summed E-state index contributed by atoms with van der Waals surface area (Å²) in [5.74, 6) is -1.12. The molecule has 0 atom stereocenters. The summed E-state index contributed by atoms with van der Waals surface area (Å²) in [5, 5.41) is 6.26. The summed E-state index contributed by atoms with van der Waals surface area (Å²) >= 11 is 0.